The van der Waals surface area contributed by atoms with Crippen molar-refractivity contribution in [2.24, 2.45) is 5.41 Å². The molecule has 2 unspecified atom stereocenters. The van der Waals surface area contributed by atoms with E-state index in [1.54, 1.807) is 6.92 Å². The Morgan fingerprint density at radius 3 is 1.88 bits per heavy atom. The van der Waals surface area contributed by atoms with Crippen molar-refractivity contribution >= 4 is 10.0 Å². The van der Waals surface area contributed by atoms with E-state index in [2.05, 4.69) is 10.0 Å². The Hall–Kier alpha value is -0.130. The maximum absolute atomic E-state index is 12.0. The van der Waals surface area contributed by atoms with Gasteiger partial charge in [-0.3, -0.25) is 0 Å². The molecule has 2 atom stereocenters. The summed E-state index contributed by atoms with van der Waals surface area (Å²) in [4.78, 5) is 0. The summed E-state index contributed by atoms with van der Waals surface area (Å²) in [6, 6.07) is 0.224. The number of sulfonamides is 1. The normalized spacial score (nSPS) is 17.2. The zero-order chi connectivity index (χ0) is 13.9. The maximum atomic E-state index is 12.0. The minimum atomic E-state index is -3.25. The van der Waals surface area contributed by atoms with E-state index in [1.165, 1.54) is 0 Å². The monoisotopic (exact) mass is 264 g/mol. The predicted molar refractivity (Wildman–Crippen MR) is 73.6 cm³/mol. The van der Waals surface area contributed by atoms with Crippen molar-refractivity contribution in [2.75, 3.05) is 6.54 Å². The van der Waals surface area contributed by atoms with Crippen LogP contribution in [-0.2, 0) is 10.0 Å². The molecule has 0 amide bonds. The second kappa shape index (κ2) is 6.16. The third-order valence-corrected chi connectivity index (χ3v) is 4.89. The van der Waals surface area contributed by atoms with Crippen LogP contribution in [-0.4, -0.2) is 32.3 Å². The van der Waals surface area contributed by atoms with Gasteiger partial charge in [0.15, 0.2) is 0 Å². The SMILES string of the molecule is CC(C)NCC(C)S(=O)(=O)NC(C)C(C)(C)C. The second-order valence-corrected chi connectivity index (χ2v) is 8.25. The van der Waals surface area contributed by atoms with Gasteiger partial charge in [-0.1, -0.05) is 34.6 Å². The van der Waals surface area contributed by atoms with Crippen LogP contribution >= 0.6 is 0 Å². The molecule has 4 nitrogen and oxygen atoms in total. The molecule has 0 bridgehead atoms. The molecule has 104 valence electrons. The quantitative estimate of drug-likeness (QED) is 0.768. The molecule has 0 aliphatic carbocycles. The summed E-state index contributed by atoms with van der Waals surface area (Å²) in [5, 5.41) is 2.72. The molecule has 2 N–H and O–H groups in total. The highest BCUT2D eigenvalue weighted by Crippen LogP contribution is 2.19. The smallest absolute Gasteiger partial charge is 0.215 e. The summed E-state index contributed by atoms with van der Waals surface area (Å²) < 4.78 is 26.8. The fourth-order valence-electron chi connectivity index (χ4n) is 1.05. The van der Waals surface area contributed by atoms with Crippen LogP contribution < -0.4 is 10.0 Å². The van der Waals surface area contributed by atoms with Crippen molar-refractivity contribution in [2.45, 2.75) is 65.8 Å². The first-order valence-electron chi connectivity index (χ1n) is 6.21. The Bertz CT molecular complexity index is 318. The van der Waals surface area contributed by atoms with Crippen LogP contribution in [0.2, 0.25) is 0 Å². The topological polar surface area (TPSA) is 58.2 Å². The molecule has 0 aliphatic heterocycles. The number of rotatable bonds is 6. The van der Waals surface area contributed by atoms with Crippen molar-refractivity contribution in [3.63, 3.8) is 0 Å². The van der Waals surface area contributed by atoms with Gasteiger partial charge in [-0.25, -0.2) is 13.1 Å². The Labute approximate surface area is 107 Å². The molecule has 5 heteroatoms. The first-order chi connectivity index (χ1) is 7.47. The minimum Gasteiger partial charge on any atom is -0.313 e. The molecule has 0 radical (unpaired) electrons. The molecule has 0 saturated heterocycles. The van der Waals surface area contributed by atoms with Crippen molar-refractivity contribution in [3.8, 4) is 0 Å². The van der Waals surface area contributed by atoms with Crippen molar-refractivity contribution in [1.82, 2.24) is 10.0 Å². The van der Waals surface area contributed by atoms with Crippen LogP contribution in [0.4, 0.5) is 0 Å². The van der Waals surface area contributed by atoms with Crippen LogP contribution in [0.1, 0.15) is 48.5 Å². The zero-order valence-electron chi connectivity index (χ0n) is 12.2. The molecule has 0 aromatic carbocycles. The van der Waals surface area contributed by atoms with E-state index in [-0.39, 0.29) is 11.5 Å². The van der Waals surface area contributed by atoms with Crippen LogP contribution in [0.3, 0.4) is 0 Å². The van der Waals surface area contributed by atoms with Crippen LogP contribution in [0.15, 0.2) is 0 Å². The number of nitrogens with one attached hydrogen (secondary N) is 2. The van der Waals surface area contributed by atoms with Crippen molar-refractivity contribution in [3.05, 3.63) is 0 Å². The van der Waals surface area contributed by atoms with E-state index in [4.69, 9.17) is 0 Å². The van der Waals surface area contributed by atoms with Crippen LogP contribution in [0, 0.1) is 5.41 Å². The summed E-state index contributed by atoms with van der Waals surface area (Å²) in [5.41, 5.74) is -0.0712. The van der Waals surface area contributed by atoms with Gasteiger partial charge in [0.25, 0.3) is 0 Å². The summed E-state index contributed by atoms with van der Waals surface area (Å²) in [7, 11) is -3.25. The number of hydrogen-bond acceptors (Lipinski definition) is 3. The first-order valence-corrected chi connectivity index (χ1v) is 7.76. The van der Waals surface area contributed by atoms with E-state index in [0.29, 0.717) is 12.6 Å². The molecule has 0 rings (SSSR count). The minimum absolute atomic E-state index is 0.0712. The van der Waals surface area contributed by atoms with Gasteiger partial charge < -0.3 is 5.32 Å². The summed E-state index contributed by atoms with van der Waals surface area (Å²) in [6.07, 6.45) is 0. The third kappa shape index (κ3) is 6.38. The van der Waals surface area contributed by atoms with Gasteiger partial charge in [-0.15, -0.1) is 0 Å². The highest BCUT2D eigenvalue weighted by atomic mass is 32.2. The van der Waals surface area contributed by atoms with Crippen molar-refractivity contribution in [1.29, 1.82) is 0 Å². The van der Waals surface area contributed by atoms with Gasteiger partial charge in [0.2, 0.25) is 10.0 Å². The summed E-state index contributed by atoms with van der Waals surface area (Å²) in [5.74, 6) is 0. The lowest BCUT2D eigenvalue weighted by Gasteiger charge is -2.29. The lowest BCUT2D eigenvalue weighted by molar-refractivity contribution is 0.316. The zero-order valence-corrected chi connectivity index (χ0v) is 13.0. The second-order valence-electron chi connectivity index (χ2n) is 6.12. The van der Waals surface area contributed by atoms with Crippen molar-refractivity contribution < 1.29 is 8.42 Å². The van der Waals surface area contributed by atoms with E-state index >= 15 is 0 Å². The van der Waals surface area contributed by atoms with Gasteiger partial charge in [-0.05, 0) is 19.3 Å². The molecule has 0 spiro atoms. The first kappa shape index (κ1) is 16.9. The van der Waals surface area contributed by atoms with E-state index < -0.39 is 15.3 Å². The van der Waals surface area contributed by atoms with Gasteiger partial charge in [-0.2, -0.15) is 0 Å². The summed E-state index contributed by atoms with van der Waals surface area (Å²) in [6.45, 7) is 14.2. The van der Waals surface area contributed by atoms with E-state index in [9.17, 15) is 8.42 Å². The molecule has 0 aliphatic rings. The van der Waals surface area contributed by atoms with Crippen LogP contribution in [0.5, 0.6) is 0 Å². The van der Waals surface area contributed by atoms with E-state index in [0.717, 1.165) is 0 Å². The van der Waals surface area contributed by atoms with Gasteiger partial charge in [0.1, 0.15) is 0 Å². The third-order valence-electron chi connectivity index (χ3n) is 2.98. The largest absolute Gasteiger partial charge is 0.313 e. The molecule has 0 fully saturated rings. The summed E-state index contributed by atoms with van der Waals surface area (Å²) >= 11 is 0. The molecule has 0 aromatic heterocycles. The number of hydrogen-bond donors (Lipinski definition) is 2. The van der Waals surface area contributed by atoms with E-state index in [1.807, 2.05) is 41.5 Å². The molecule has 17 heavy (non-hydrogen) atoms. The van der Waals surface area contributed by atoms with Crippen LogP contribution in [0.25, 0.3) is 0 Å². The standard InChI is InChI=1S/C12H28N2O2S/c1-9(2)13-8-10(3)17(15,16)14-11(4)12(5,6)7/h9-11,13-14H,8H2,1-7H3. The Kier molecular flexibility index (Phi) is 6.11. The Balaban J connectivity index is 4.48. The predicted octanol–water partition coefficient (Wildman–Crippen LogP) is 1.73. The lowest BCUT2D eigenvalue weighted by atomic mass is 9.89. The van der Waals surface area contributed by atoms with Gasteiger partial charge in [0, 0.05) is 18.6 Å². The Morgan fingerprint density at radius 1 is 1.06 bits per heavy atom. The average Bonchev–Trinajstić information content (AvgIpc) is 2.11. The fraction of sp³-hybridized carbons (Fsp3) is 1.00. The lowest BCUT2D eigenvalue weighted by Crippen LogP contribution is -2.47. The molecule has 0 aromatic rings. The molecule has 0 saturated carbocycles. The Morgan fingerprint density at radius 2 is 1.53 bits per heavy atom. The molecular formula is C12H28N2O2S. The molecular weight excluding hydrogens is 236 g/mol. The van der Waals surface area contributed by atoms with Gasteiger partial charge in [0.05, 0.1) is 5.25 Å². The highest BCUT2D eigenvalue weighted by molar-refractivity contribution is 7.90. The average molecular weight is 264 g/mol. The molecule has 0 heterocycles. The highest BCUT2D eigenvalue weighted by Gasteiger charge is 2.28. The fourth-order valence-corrected chi connectivity index (χ4v) is 2.45. The maximum Gasteiger partial charge on any atom is 0.215 e. The van der Waals surface area contributed by atoms with Gasteiger partial charge >= 0.3 is 0 Å².